The zero-order valence-corrected chi connectivity index (χ0v) is 14.9. The molecule has 2 saturated heterocycles. The molecule has 0 radical (unpaired) electrons. The van der Waals surface area contributed by atoms with Gasteiger partial charge in [-0.2, -0.15) is 0 Å². The molecule has 6 heteroatoms. The van der Waals surface area contributed by atoms with Crippen molar-refractivity contribution in [2.45, 2.75) is 19.0 Å². The van der Waals surface area contributed by atoms with Crippen molar-refractivity contribution in [1.29, 1.82) is 0 Å². The maximum absolute atomic E-state index is 12.3. The highest BCUT2D eigenvalue weighted by Gasteiger charge is 2.52. The molecule has 0 saturated carbocycles. The van der Waals surface area contributed by atoms with Crippen molar-refractivity contribution in [2.24, 2.45) is 0 Å². The summed E-state index contributed by atoms with van der Waals surface area (Å²) in [6, 6.07) is 17.6. The van der Waals surface area contributed by atoms with Gasteiger partial charge >= 0.3 is 0 Å². The number of nitrogens with zero attached hydrogens (tertiary/aromatic N) is 2. The van der Waals surface area contributed by atoms with Crippen LogP contribution < -0.4 is 9.80 Å². The van der Waals surface area contributed by atoms with E-state index in [2.05, 4.69) is 0 Å². The quantitative estimate of drug-likeness (QED) is 0.772. The smallest absolute Gasteiger partial charge is 0.181 e. The fourth-order valence-electron chi connectivity index (χ4n) is 3.60. The van der Waals surface area contributed by atoms with E-state index in [-0.39, 0.29) is 23.6 Å². The van der Waals surface area contributed by atoms with E-state index in [0.717, 1.165) is 11.4 Å². The van der Waals surface area contributed by atoms with Gasteiger partial charge in [0, 0.05) is 11.4 Å². The third-order valence-corrected chi connectivity index (χ3v) is 6.81. The Kier molecular flexibility index (Phi) is 3.62. The van der Waals surface area contributed by atoms with Crippen LogP contribution in [0, 0.1) is 6.92 Å². The second kappa shape index (κ2) is 5.57. The first-order valence-electron chi connectivity index (χ1n) is 7.91. The molecule has 0 aliphatic carbocycles. The number of anilines is 2. The molecule has 0 aromatic heterocycles. The Bertz CT molecular complexity index is 879. The van der Waals surface area contributed by atoms with Crippen LogP contribution >= 0.6 is 12.2 Å². The van der Waals surface area contributed by atoms with Crippen molar-refractivity contribution in [3.8, 4) is 0 Å². The predicted octanol–water partition coefficient (Wildman–Crippen LogP) is 2.77. The number of aryl methyl sites for hydroxylation is 1. The molecular weight excluding hydrogens is 340 g/mol. The fourth-order valence-corrected chi connectivity index (χ4v) is 6.00. The summed E-state index contributed by atoms with van der Waals surface area (Å²) in [5, 5.41) is 0.676. The van der Waals surface area contributed by atoms with E-state index in [9.17, 15) is 8.42 Å². The minimum absolute atomic E-state index is 0.133. The van der Waals surface area contributed by atoms with Crippen molar-refractivity contribution >= 4 is 38.5 Å². The molecule has 2 aromatic carbocycles. The molecule has 0 amide bonds. The molecule has 2 aliphatic rings. The summed E-state index contributed by atoms with van der Waals surface area (Å²) in [4.78, 5) is 4.02. The van der Waals surface area contributed by atoms with Gasteiger partial charge < -0.3 is 9.80 Å². The first-order chi connectivity index (χ1) is 11.5. The van der Waals surface area contributed by atoms with E-state index >= 15 is 0 Å². The monoisotopic (exact) mass is 358 g/mol. The van der Waals surface area contributed by atoms with Crippen molar-refractivity contribution < 1.29 is 8.42 Å². The van der Waals surface area contributed by atoms with E-state index in [1.54, 1.807) is 0 Å². The molecule has 0 unspecified atom stereocenters. The van der Waals surface area contributed by atoms with E-state index < -0.39 is 9.84 Å². The second-order valence-corrected chi connectivity index (χ2v) is 8.92. The highest BCUT2D eigenvalue weighted by atomic mass is 32.2. The van der Waals surface area contributed by atoms with Gasteiger partial charge in [0.15, 0.2) is 14.9 Å². The molecule has 2 aliphatic heterocycles. The van der Waals surface area contributed by atoms with Gasteiger partial charge in [-0.25, -0.2) is 8.42 Å². The van der Waals surface area contributed by atoms with Crippen LogP contribution in [0.4, 0.5) is 11.4 Å². The highest BCUT2D eigenvalue weighted by Crippen LogP contribution is 2.37. The molecule has 2 heterocycles. The maximum Gasteiger partial charge on any atom is 0.181 e. The molecule has 4 rings (SSSR count). The topological polar surface area (TPSA) is 40.6 Å². The number of hydrogen-bond acceptors (Lipinski definition) is 3. The maximum atomic E-state index is 12.3. The van der Waals surface area contributed by atoms with Crippen LogP contribution in [0.3, 0.4) is 0 Å². The second-order valence-electron chi connectivity index (χ2n) is 6.41. The molecule has 2 atom stereocenters. The van der Waals surface area contributed by atoms with Crippen LogP contribution in [0.5, 0.6) is 0 Å². The predicted molar refractivity (Wildman–Crippen MR) is 101 cm³/mol. The Morgan fingerprint density at radius 3 is 1.92 bits per heavy atom. The third-order valence-electron chi connectivity index (χ3n) is 4.72. The van der Waals surface area contributed by atoms with Gasteiger partial charge in [-0.05, 0) is 43.4 Å². The van der Waals surface area contributed by atoms with Crippen LogP contribution in [-0.2, 0) is 9.84 Å². The minimum Gasteiger partial charge on any atom is -0.312 e. The van der Waals surface area contributed by atoms with Crippen LogP contribution in [-0.4, -0.2) is 37.1 Å². The van der Waals surface area contributed by atoms with Crippen LogP contribution in [0.2, 0.25) is 0 Å². The van der Waals surface area contributed by atoms with Gasteiger partial charge in [-0.15, -0.1) is 0 Å². The first kappa shape index (κ1) is 15.6. The average molecular weight is 358 g/mol. The van der Waals surface area contributed by atoms with Crippen LogP contribution in [0.15, 0.2) is 54.6 Å². The van der Waals surface area contributed by atoms with Crippen molar-refractivity contribution in [1.82, 2.24) is 0 Å². The minimum atomic E-state index is -3.06. The summed E-state index contributed by atoms with van der Waals surface area (Å²) in [5.41, 5.74) is 3.07. The van der Waals surface area contributed by atoms with Crippen LogP contribution in [0.25, 0.3) is 0 Å². The lowest BCUT2D eigenvalue weighted by atomic mass is 10.1. The fraction of sp³-hybridized carbons (Fsp3) is 0.278. The van der Waals surface area contributed by atoms with Gasteiger partial charge in [0.1, 0.15) is 0 Å². The van der Waals surface area contributed by atoms with Gasteiger partial charge in [0.05, 0.1) is 23.6 Å². The van der Waals surface area contributed by atoms with Crippen molar-refractivity contribution in [2.75, 3.05) is 21.3 Å². The lowest BCUT2D eigenvalue weighted by Gasteiger charge is -2.25. The van der Waals surface area contributed by atoms with E-state index in [4.69, 9.17) is 12.2 Å². The number of para-hydroxylation sites is 1. The number of benzene rings is 2. The molecular formula is C18H18N2O2S2. The molecule has 4 nitrogen and oxygen atoms in total. The molecule has 0 spiro atoms. The third kappa shape index (κ3) is 2.50. The van der Waals surface area contributed by atoms with E-state index in [0.29, 0.717) is 5.11 Å². The van der Waals surface area contributed by atoms with E-state index in [1.807, 2.05) is 71.3 Å². The Balaban J connectivity index is 1.80. The molecule has 24 heavy (non-hydrogen) atoms. The molecule has 2 fully saturated rings. The van der Waals surface area contributed by atoms with Gasteiger partial charge in [0.25, 0.3) is 0 Å². The molecule has 0 N–H and O–H groups in total. The summed E-state index contributed by atoms with van der Waals surface area (Å²) in [6.45, 7) is 2.03. The summed E-state index contributed by atoms with van der Waals surface area (Å²) < 4.78 is 24.5. The summed E-state index contributed by atoms with van der Waals surface area (Å²) in [6.07, 6.45) is 0. The largest absolute Gasteiger partial charge is 0.312 e. The van der Waals surface area contributed by atoms with Crippen molar-refractivity contribution in [3.05, 3.63) is 60.2 Å². The van der Waals surface area contributed by atoms with Crippen molar-refractivity contribution in [3.63, 3.8) is 0 Å². The summed E-state index contributed by atoms with van der Waals surface area (Å²) in [5.74, 6) is 0.296. The Hall–Kier alpha value is -1.92. The number of thiocarbonyl (C=S) groups is 1. The molecule has 0 bridgehead atoms. The zero-order chi connectivity index (χ0) is 16.9. The van der Waals surface area contributed by atoms with Gasteiger partial charge in [0.2, 0.25) is 0 Å². The number of rotatable bonds is 2. The lowest BCUT2D eigenvalue weighted by Crippen LogP contribution is -2.37. The summed E-state index contributed by atoms with van der Waals surface area (Å²) in [7, 11) is -3.06. The normalized spacial score (nSPS) is 25.1. The Morgan fingerprint density at radius 1 is 0.875 bits per heavy atom. The number of hydrogen-bond donors (Lipinski definition) is 0. The van der Waals surface area contributed by atoms with E-state index in [1.165, 1.54) is 5.56 Å². The Labute approximate surface area is 147 Å². The van der Waals surface area contributed by atoms with Gasteiger partial charge in [-0.3, -0.25) is 0 Å². The molecule has 2 aromatic rings. The van der Waals surface area contributed by atoms with Gasteiger partial charge in [-0.1, -0.05) is 35.9 Å². The SMILES string of the molecule is Cc1ccc(N2C(=S)N(c3ccccc3)[C@@H]3CS(=O)(=O)C[C@H]32)cc1. The lowest BCUT2D eigenvalue weighted by molar-refractivity contribution is 0.601. The first-order valence-corrected chi connectivity index (χ1v) is 10.1. The number of sulfone groups is 1. The highest BCUT2D eigenvalue weighted by molar-refractivity contribution is 7.91. The van der Waals surface area contributed by atoms with Crippen LogP contribution in [0.1, 0.15) is 5.56 Å². The standard InChI is InChI=1S/C18H18N2O2S2/c1-13-7-9-15(10-8-13)20-17-12-24(21,22)11-16(17)19(18(20)23)14-5-3-2-4-6-14/h2-10,16-17H,11-12H2,1H3/t16-,17-/m1/s1. The summed E-state index contributed by atoms with van der Waals surface area (Å²) >= 11 is 5.75. The number of fused-ring (bicyclic) bond motifs is 1. The Morgan fingerprint density at radius 2 is 1.38 bits per heavy atom. The average Bonchev–Trinajstić information content (AvgIpc) is 2.98. The zero-order valence-electron chi connectivity index (χ0n) is 13.3. The molecule has 124 valence electrons.